The molecule has 3 aromatic rings. The van der Waals surface area contributed by atoms with E-state index in [1.54, 1.807) is 24.0 Å². The Morgan fingerprint density at radius 3 is 2.72 bits per heavy atom. The fraction of sp³-hybridized carbons (Fsp3) is 0.261. The van der Waals surface area contributed by atoms with Crippen molar-refractivity contribution in [2.24, 2.45) is 0 Å². The van der Waals surface area contributed by atoms with Gasteiger partial charge in [0.1, 0.15) is 5.56 Å². The topological polar surface area (TPSA) is 64.0 Å². The molecule has 1 saturated carbocycles. The largest absolute Gasteiger partial charge is 0.349 e. The monoisotopic (exact) mass is 403 g/mol. The molecule has 6 heteroatoms. The molecule has 3 heterocycles. The molecule has 1 aliphatic heterocycles. The highest BCUT2D eigenvalue weighted by molar-refractivity contribution is 7.99. The first-order valence-corrected chi connectivity index (χ1v) is 10.7. The number of aryl methyl sites for hydroxylation is 1. The Hall–Kier alpha value is -2.86. The Morgan fingerprint density at radius 1 is 1.17 bits per heavy atom. The molecule has 5 nitrogen and oxygen atoms in total. The molecule has 0 radical (unpaired) electrons. The molecule has 1 amide bonds. The number of hydrogen-bond acceptors (Lipinski definition) is 4. The standard InChI is InChI=1S/C23H21N3O2S/c1-14-12-19(27)22(23(28)25-15-9-10-15)18-13-21(16-6-4-5-11-24-16)29-20-8-3-2-7-17(20)26(14)18/h2-8,11-12,15,21H,9-10,13H2,1H3,(H,25,28)/t21-/m0/s1. The Balaban J connectivity index is 1.74. The van der Waals surface area contributed by atoms with Crippen molar-refractivity contribution in [3.8, 4) is 5.69 Å². The number of thioether (sulfide) groups is 1. The number of amides is 1. The molecule has 29 heavy (non-hydrogen) atoms. The molecule has 0 spiro atoms. The van der Waals surface area contributed by atoms with E-state index in [1.807, 2.05) is 43.3 Å². The summed E-state index contributed by atoms with van der Waals surface area (Å²) in [6, 6.07) is 15.8. The zero-order chi connectivity index (χ0) is 20.0. The average molecular weight is 404 g/mol. The van der Waals surface area contributed by atoms with Crippen LogP contribution in [0, 0.1) is 6.92 Å². The second-order valence-electron chi connectivity index (χ2n) is 7.59. The first-order valence-electron chi connectivity index (χ1n) is 9.85. The zero-order valence-corrected chi connectivity index (χ0v) is 16.9. The molecule has 1 atom stereocenters. The van der Waals surface area contributed by atoms with E-state index < -0.39 is 0 Å². The molecule has 1 aromatic carbocycles. The summed E-state index contributed by atoms with van der Waals surface area (Å²) in [5, 5.41) is 3.02. The van der Waals surface area contributed by atoms with Crippen LogP contribution in [0.1, 0.15) is 45.5 Å². The highest BCUT2D eigenvalue weighted by atomic mass is 32.2. The third kappa shape index (κ3) is 3.38. The number of carbonyl (C=O) groups is 1. The number of benzene rings is 1. The van der Waals surface area contributed by atoms with Crippen molar-refractivity contribution in [2.75, 3.05) is 0 Å². The maximum absolute atomic E-state index is 13.0. The number of nitrogens with zero attached hydrogens (tertiary/aromatic N) is 2. The Kier molecular flexibility index (Phi) is 4.51. The van der Waals surface area contributed by atoms with Gasteiger partial charge in [0.25, 0.3) is 5.91 Å². The minimum absolute atomic E-state index is 0.0137. The number of pyridine rings is 2. The van der Waals surface area contributed by atoms with Crippen LogP contribution in [0.4, 0.5) is 0 Å². The fourth-order valence-electron chi connectivity index (χ4n) is 3.89. The number of carbonyl (C=O) groups excluding carboxylic acids is 1. The molecule has 0 bridgehead atoms. The first kappa shape index (κ1) is 18.2. The lowest BCUT2D eigenvalue weighted by atomic mass is 10.0. The van der Waals surface area contributed by atoms with Gasteiger partial charge >= 0.3 is 0 Å². The predicted octanol–water partition coefficient (Wildman–Crippen LogP) is 3.82. The van der Waals surface area contributed by atoms with Crippen LogP contribution in [0.2, 0.25) is 0 Å². The summed E-state index contributed by atoms with van der Waals surface area (Å²) in [4.78, 5) is 31.6. The van der Waals surface area contributed by atoms with Crippen LogP contribution in [0.5, 0.6) is 0 Å². The summed E-state index contributed by atoms with van der Waals surface area (Å²) < 4.78 is 2.08. The van der Waals surface area contributed by atoms with Crippen LogP contribution < -0.4 is 10.7 Å². The molecular formula is C23H21N3O2S. The van der Waals surface area contributed by atoms with Crippen LogP contribution in [0.3, 0.4) is 0 Å². The van der Waals surface area contributed by atoms with E-state index in [1.165, 1.54) is 0 Å². The quantitative estimate of drug-likeness (QED) is 0.722. The summed E-state index contributed by atoms with van der Waals surface area (Å²) in [5.74, 6) is -0.259. The molecule has 1 aliphatic carbocycles. The van der Waals surface area contributed by atoms with Crippen molar-refractivity contribution >= 4 is 17.7 Å². The number of aromatic nitrogens is 2. The van der Waals surface area contributed by atoms with Crippen LogP contribution in [0.15, 0.2) is 64.4 Å². The van der Waals surface area contributed by atoms with Crippen LogP contribution in [-0.4, -0.2) is 21.5 Å². The van der Waals surface area contributed by atoms with Gasteiger partial charge in [0, 0.05) is 41.0 Å². The van der Waals surface area contributed by atoms with Crippen LogP contribution in [0.25, 0.3) is 5.69 Å². The molecule has 146 valence electrons. The Labute approximate surface area is 173 Å². The molecule has 0 unspecified atom stereocenters. The lowest BCUT2D eigenvalue weighted by molar-refractivity contribution is 0.0948. The Morgan fingerprint density at radius 2 is 1.97 bits per heavy atom. The van der Waals surface area contributed by atoms with Gasteiger partial charge in [0.15, 0.2) is 5.43 Å². The Bertz CT molecular complexity index is 1150. The molecule has 2 aliphatic rings. The van der Waals surface area contributed by atoms with E-state index in [4.69, 9.17) is 0 Å². The predicted molar refractivity (Wildman–Crippen MR) is 114 cm³/mol. The van der Waals surface area contributed by atoms with Crippen LogP contribution >= 0.6 is 11.8 Å². The highest BCUT2D eigenvalue weighted by Gasteiger charge is 2.31. The summed E-state index contributed by atoms with van der Waals surface area (Å²) in [6.45, 7) is 1.93. The van der Waals surface area contributed by atoms with Gasteiger partial charge in [-0.1, -0.05) is 18.2 Å². The van der Waals surface area contributed by atoms with E-state index in [9.17, 15) is 9.59 Å². The van der Waals surface area contributed by atoms with E-state index in [-0.39, 0.29) is 28.2 Å². The third-order valence-electron chi connectivity index (χ3n) is 5.41. The highest BCUT2D eigenvalue weighted by Crippen LogP contribution is 2.43. The summed E-state index contributed by atoms with van der Waals surface area (Å²) in [6.07, 6.45) is 4.31. The van der Waals surface area contributed by atoms with E-state index in [0.717, 1.165) is 40.5 Å². The van der Waals surface area contributed by atoms with Gasteiger partial charge < -0.3 is 9.88 Å². The van der Waals surface area contributed by atoms with Gasteiger partial charge in [-0.05, 0) is 44.0 Å². The van der Waals surface area contributed by atoms with Gasteiger partial charge in [-0.15, -0.1) is 11.8 Å². The van der Waals surface area contributed by atoms with Gasteiger partial charge in [0.05, 0.1) is 16.6 Å². The van der Waals surface area contributed by atoms with E-state index in [0.29, 0.717) is 6.42 Å². The summed E-state index contributed by atoms with van der Waals surface area (Å²) in [7, 11) is 0. The zero-order valence-electron chi connectivity index (χ0n) is 16.1. The van der Waals surface area contributed by atoms with Crippen molar-refractivity contribution in [3.05, 3.63) is 87.6 Å². The normalized spacial score (nSPS) is 17.8. The fourth-order valence-corrected chi connectivity index (χ4v) is 5.14. The lowest BCUT2D eigenvalue weighted by Crippen LogP contribution is -2.33. The average Bonchev–Trinajstić information content (AvgIpc) is 3.54. The maximum atomic E-state index is 13.0. The maximum Gasteiger partial charge on any atom is 0.257 e. The van der Waals surface area contributed by atoms with E-state index >= 15 is 0 Å². The number of hydrogen-bond donors (Lipinski definition) is 1. The minimum atomic E-state index is -0.259. The summed E-state index contributed by atoms with van der Waals surface area (Å²) in [5.41, 5.74) is 3.60. The molecular weight excluding hydrogens is 382 g/mol. The van der Waals surface area contributed by atoms with Crippen molar-refractivity contribution in [2.45, 2.75) is 42.4 Å². The smallest absolute Gasteiger partial charge is 0.257 e. The van der Waals surface area contributed by atoms with Crippen molar-refractivity contribution < 1.29 is 4.79 Å². The second-order valence-corrected chi connectivity index (χ2v) is 8.83. The SMILES string of the molecule is Cc1cc(=O)c(C(=O)NC2CC2)c2n1-c1ccccc1S[C@H](c1ccccn1)C2. The number of fused-ring (bicyclic) bond motifs is 3. The van der Waals surface area contributed by atoms with Gasteiger partial charge in [0.2, 0.25) is 0 Å². The van der Waals surface area contributed by atoms with Crippen LogP contribution in [-0.2, 0) is 6.42 Å². The van der Waals surface area contributed by atoms with Crippen molar-refractivity contribution in [3.63, 3.8) is 0 Å². The van der Waals surface area contributed by atoms with Crippen molar-refractivity contribution in [1.29, 1.82) is 0 Å². The number of rotatable bonds is 3. The van der Waals surface area contributed by atoms with Gasteiger partial charge in [-0.2, -0.15) is 0 Å². The van der Waals surface area contributed by atoms with Gasteiger partial charge in [-0.3, -0.25) is 14.6 Å². The molecule has 1 fully saturated rings. The minimum Gasteiger partial charge on any atom is -0.349 e. The summed E-state index contributed by atoms with van der Waals surface area (Å²) >= 11 is 1.73. The third-order valence-corrected chi connectivity index (χ3v) is 6.70. The number of para-hydroxylation sites is 1. The lowest BCUT2D eigenvalue weighted by Gasteiger charge is -2.20. The second kappa shape index (κ2) is 7.19. The molecule has 5 rings (SSSR count). The number of nitrogens with one attached hydrogen (secondary N) is 1. The van der Waals surface area contributed by atoms with E-state index in [2.05, 4.69) is 20.9 Å². The first-order chi connectivity index (χ1) is 14.1. The van der Waals surface area contributed by atoms with Gasteiger partial charge in [-0.25, -0.2) is 0 Å². The van der Waals surface area contributed by atoms with Crippen molar-refractivity contribution in [1.82, 2.24) is 14.9 Å². The molecule has 0 saturated heterocycles. The molecule has 1 N–H and O–H groups in total. The molecule has 2 aromatic heterocycles.